The first-order chi connectivity index (χ1) is 7.29. The van der Waals surface area contributed by atoms with Crippen LogP contribution in [-0.2, 0) is 6.54 Å². The molecule has 2 aromatic heterocycles. The van der Waals surface area contributed by atoms with Gasteiger partial charge < -0.3 is 4.57 Å². The Morgan fingerprint density at radius 3 is 3.00 bits per heavy atom. The van der Waals surface area contributed by atoms with Gasteiger partial charge in [-0.2, -0.15) is 11.3 Å². The molecule has 0 N–H and O–H groups in total. The number of rotatable bonds is 4. The molecular formula is C12H13NOS. The Bertz CT molecular complexity index is 442. The monoisotopic (exact) mass is 219 g/mol. The summed E-state index contributed by atoms with van der Waals surface area (Å²) >= 11 is 1.70. The average Bonchev–Trinajstić information content (AvgIpc) is 2.88. The highest BCUT2D eigenvalue weighted by molar-refractivity contribution is 7.07. The van der Waals surface area contributed by atoms with Crippen LogP contribution in [0.1, 0.15) is 29.3 Å². The van der Waals surface area contributed by atoms with Gasteiger partial charge in [0.2, 0.25) is 0 Å². The molecule has 0 aliphatic rings. The summed E-state index contributed by atoms with van der Waals surface area (Å²) in [4.78, 5) is 11.4. The molecular weight excluding hydrogens is 206 g/mol. The third-order valence-electron chi connectivity index (χ3n) is 2.34. The van der Waals surface area contributed by atoms with E-state index in [0.717, 1.165) is 12.1 Å². The molecule has 2 aromatic rings. The Labute approximate surface area is 93.2 Å². The standard InChI is InChI=1S/C12H13NOS/c1-2-12(14)11-3-5-13(8-11)7-10-4-6-15-9-10/h3-6,8-9H,2,7H2,1H3. The van der Waals surface area contributed by atoms with E-state index < -0.39 is 0 Å². The molecule has 3 heteroatoms. The topological polar surface area (TPSA) is 22.0 Å². The van der Waals surface area contributed by atoms with Crippen molar-refractivity contribution >= 4 is 17.1 Å². The second-order valence-electron chi connectivity index (χ2n) is 3.48. The highest BCUT2D eigenvalue weighted by Crippen LogP contribution is 2.10. The predicted molar refractivity (Wildman–Crippen MR) is 62.5 cm³/mol. The minimum absolute atomic E-state index is 0.207. The number of hydrogen-bond acceptors (Lipinski definition) is 2. The molecule has 0 aliphatic carbocycles. The third-order valence-corrected chi connectivity index (χ3v) is 3.07. The summed E-state index contributed by atoms with van der Waals surface area (Å²) in [6.45, 7) is 2.74. The van der Waals surface area contributed by atoms with Gasteiger partial charge in [0.1, 0.15) is 0 Å². The summed E-state index contributed by atoms with van der Waals surface area (Å²) in [6.07, 6.45) is 4.45. The summed E-state index contributed by atoms with van der Waals surface area (Å²) < 4.78 is 2.05. The molecule has 0 aromatic carbocycles. The maximum absolute atomic E-state index is 11.4. The van der Waals surface area contributed by atoms with E-state index in [2.05, 4.69) is 16.8 Å². The van der Waals surface area contributed by atoms with Crippen LogP contribution in [0.3, 0.4) is 0 Å². The second kappa shape index (κ2) is 4.45. The SMILES string of the molecule is CCC(=O)c1ccn(Cc2ccsc2)c1. The number of Topliss-reactive ketones (excluding diaryl/α,β-unsaturated/α-hetero) is 1. The number of carbonyl (C=O) groups excluding carboxylic acids is 1. The Kier molecular flexibility index (Phi) is 3.02. The maximum atomic E-state index is 11.4. The summed E-state index contributed by atoms with van der Waals surface area (Å²) in [5.74, 6) is 0.207. The smallest absolute Gasteiger partial charge is 0.164 e. The van der Waals surface area contributed by atoms with E-state index in [9.17, 15) is 4.79 Å². The minimum atomic E-state index is 0.207. The van der Waals surface area contributed by atoms with Crippen LogP contribution in [0.4, 0.5) is 0 Å². The predicted octanol–water partition coefficient (Wildman–Crippen LogP) is 3.19. The van der Waals surface area contributed by atoms with E-state index in [0.29, 0.717) is 6.42 Å². The number of nitrogens with zero attached hydrogens (tertiary/aromatic N) is 1. The fourth-order valence-electron chi connectivity index (χ4n) is 1.50. The van der Waals surface area contributed by atoms with Crippen molar-refractivity contribution in [3.05, 3.63) is 46.4 Å². The van der Waals surface area contributed by atoms with Crippen molar-refractivity contribution in [3.63, 3.8) is 0 Å². The van der Waals surface area contributed by atoms with Crippen LogP contribution in [0.25, 0.3) is 0 Å². The van der Waals surface area contributed by atoms with Gasteiger partial charge in [0.15, 0.2) is 5.78 Å². The number of thiophene rings is 1. The zero-order valence-electron chi connectivity index (χ0n) is 8.64. The van der Waals surface area contributed by atoms with E-state index in [-0.39, 0.29) is 5.78 Å². The van der Waals surface area contributed by atoms with Crippen LogP contribution in [0.15, 0.2) is 35.3 Å². The van der Waals surface area contributed by atoms with Crippen LogP contribution in [0.2, 0.25) is 0 Å². The Morgan fingerprint density at radius 1 is 1.47 bits per heavy atom. The summed E-state index contributed by atoms with van der Waals surface area (Å²) in [5, 5.41) is 4.19. The van der Waals surface area contributed by atoms with Crippen molar-refractivity contribution in [2.45, 2.75) is 19.9 Å². The molecule has 0 amide bonds. The average molecular weight is 219 g/mol. The second-order valence-corrected chi connectivity index (χ2v) is 4.26. The third kappa shape index (κ3) is 2.36. The molecule has 0 saturated heterocycles. The van der Waals surface area contributed by atoms with Crippen LogP contribution in [0.5, 0.6) is 0 Å². The maximum Gasteiger partial charge on any atom is 0.164 e. The molecule has 0 atom stereocenters. The van der Waals surface area contributed by atoms with E-state index in [4.69, 9.17) is 0 Å². The van der Waals surface area contributed by atoms with Gasteiger partial charge in [-0.05, 0) is 28.5 Å². The lowest BCUT2D eigenvalue weighted by atomic mass is 10.2. The minimum Gasteiger partial charge on any atom is -0.349 e. The molecule has 0 bridgehead atoms. The lowest BCUT2D eigenvalue weighted by molar-refractivity contribution is 0.0988. The molecule has 0 radical (unpaired) electrons. The van der Waals surface area contributed by atoms with Crippen molar-refractivity contribution < 1.29 is 4.79 Å². The molecule has 0 spiro atoms. The number of aromatic nitrogens is 1. The van der Waals surface area contributed by atoms with Gasteiger partial charge in [-0.3, -0.25) is 4.79 Å². The Balaban J connectivity index is 2.11. The largest absolute Gasteiger partial charge is 0.349 e. The molecule has 2 nitrogen and oxygen atoms in total. The van der Waals surface area contributed by atoms with Crippen LogP contribution >= 0.6 is 11.3 Å². The molecule has 15 heavy (non-hydrogen) atoms. The normalized spacial score (nSPS) is 10.5. The first kappa shape index (κ1) is 10.2. The molecule has 0 saturated carbocycles. The Hall–Kier alpha value is -1.35. The summed E-state index contributed by atoms with van der Waals surface area (Å²) in [7, 11) is 0. The molecule has 0 aliphatic heterocycles. The fraction of sp³-hybridized carbons (Fsp3) is 0.250. The first-order valence-corrected chi connectivity index (χ1v) is 5.94. The van der Waals surface area contributed by atoms with Crippen LogP contribution in [0, 0.1) is 0 Å². The van der Waals surface area contributed by atoms with Gasteiger partial charge in [0.05, 0.1) is 0 Å². The van der Waals surface area contributed by atoms with E-state index in [1.54, 1.807) is 11.3 Å². The highest BCUT2D eigenvalue weighted by atomic mass is 32.1. The number of ketones is 1. The molecule has 0 fully saturated rings. The van der Waals surface area contributed by atoms with Crippen molar-refractivity contribution in [1.29, 1.82) is 0 Å². The molecule has 2 rings (SSSR count). The first-order valence-electron chi connectivity index (χ1n) is 4.99. The van der Waals surface area contributed by atoms with Crippen LogP contribution < -0.4 is 0 Å². The van der Waals surface area contributed by atoms with Gasteiger partial charge in [-0.1, -0.05) is 6.92 Å². The highest BCUT2D eigenvalue weighted by Gasteiger charge is 2.04. The van der Waals surface area contributed by atoms with Crippen molar-refractivity contribution in [2.24, 2.45) is 0 Å². The number of carbonyl (C=O) groups is 1. The van der Waals surface area contributed by atoms with Gasteiger partial charge in [0.25, 0.3) is 0 Å². The lowest BCUT2D eigenvalue weighted by Gasteiger charge is -1.99. The fourth-order valence-corrected chi connectivity index (χ4v) is 2.16. The van der Waals surface area contributed by atoms with Gasteiger partial charge >= 0.3 is 0 Å². The lowest BCUT2D eigenvalue weighted by Crippen LogP contribution is -1.97. The van der Waals surface area contributed by atoms with Gasteiger partial charge in [-0.25, -0.2) is 0 Å². The zero-order chi connectivity index (χ0) is 10.7. The van der Waals surface area contributed by atoms with E-state index in [1.165, 1.54) is 5.56 Å². The van der Waals surface area contributed by atoms with Crippen molar-refractivity contribution in [2.75, 3.05) is 0 Å². The summed E-state index contributed by atoms with van der Waals surface area (Å²) in [5.41, 5.74) is 2.10. The van der Waals surface area contributed by atoms with Crippen molar-refractivity contribution in [3.8, 4) is 0 Å². The van der Waals surface area contributed by atoms with E-state index in [1.807, 2.05) is 30.0 Å². The Morgan fingerprint density at radius 2 is 2.33 bits per heavy atom. The molecule has 2 heterocycles. The number of hydrogen-bond donors (Lipinski definition) is 0. The molecule has 0 unspecified atom stereocenters. The van der Waals surface area contributed by atoms with Crippen LogP contribution in [-0.4, -0.2) is 10.4 Å². The molecule has 78 valence electrons. The van der Waals surface area contributed by atoms with Gasteiger partial charge in [-0.15, -0.1) is 0 Å². The van der Waals surface area contributed by atoms with Gasteiger partial charge in [0, 0.05) is 30.9 Å². The quantitative estimate of drug-likeness (QED) is 0.724. The summed E-state index contributed by atoms with van der Waals surface area (Å²) in [6, 6.07) is 3.99. The van der Waals surface area contributed by atoms with Crippen molar-refractivity contribution in [1.82, 2.24) is 4.57 Å². The van der Waals surface area contributed by atoms with E-state index >= 15 is 0 Å². The zero-order valence-corrected chi connectivity index (χ0v) is 9.46.